The summed E-state index contributed by atoms with van der Waals surface area (Å²) in [5, 5.41) is 5.31. The van der Waals surface area contributed by atoms with Crippen molar-refractivity contribution in [1.82, 2.24) is 9.88 Å². The zero-order valence-corrected chi connectivity index (χ0v) is 19.2. The van der Waals surface area contributed by atoms with Crippen LogP contribution in [0.3, 0.4) is 0 Å². The Labute approximate surface area is 199 Å². The Bertz CT molecular complexity index is 1190. The molecule has 5 nitrogen and oxygen atoms in total. The number of hydrogen-bond donors (Lipinski definition) is 1. The van der Waals surface area contributed by atoms with Crippen molar-refractivity contribution in [3.63, 3.8) is 0 Å². The molecule has 0 saturated carbocycles. The second-order valence-electron chi connectivity index (χ2n) is 7.61. The number of halogens is 1. The van der Waals surface area contributed by atoms with Crippen LogP contribution in [0.2, 0.25) is 5.02 Å². The topological polar surface area (TPSA) is 52.9 Å². The Balaban J connectivity index is 1.31. The first kappa shape index (κ1) is 22.7. The molecule has 0 atom stereocenters. The van der Waals surface area contributed by atoms with Crippen molar-refractivity contribution in [3.8, 4) is 0 Å². The highest BCUT2D eigenvalue weighted by atomic mass is 35.5. The molecule has 0 amide bonds. The van der Waals surface area contributed by atoms with Crippen LogP contribution in [-0.4, -0.2) is 61.6 Å². The molecule has 1 aromatic carbocycles. The summed E-state index contributed by atoms with van der Waals surface area (Å²) in [6.07, 6.45) is 17.3. The number of anilines is 1. The Morgan fingerprint density at radius 3 is 2.27 bits per heavy atom. The molecule has 0 saturated heterocycles. The maximum absolute atomic E-state index is 6.11. The molecule has 33 heavy (non-hydrogen) atoms. The number of aromatic nitrogens is 1. The SMILES string of the molecule is Clc1ccc2c(NCCN(CCN=CC3=C=CC=C3)CCN=CC3=C=CC=C3)ccnc2c1. The lowest BCUT2D eigenvalue weighted by molar-refractivity contribution is 0.301. The average molecular weight is 456 g/mol. The summed E-state index contributed by atoms with van der Waals surface area (Å²) in [7, 11) is 0. The van der Waals surface area contributed by atoms with Gasteiger partial charge in [-0.25, -0.2) is 0 Å². The van der Waals surface area contributed by atoms with E-state index in [-0.39, 0.29) is 0 Å². The molecule has 0 radical (unpaired) electrons. The predicted octanol–water partition coefficient (Wildman–Crippen LogP) is 5.05. The van der Waals surface area contributed by atoms with Crippen molar-refractivity contribution < 1.29 is 0 Å². The zero-order valence-electron chi connectivity index (χ0n) is 18.4. The lowest BCUT2D eigenvalue weighted by Crippen LogP contribution is -2.33. The fourth-order valence-corrected chi connectivity index (χ4v) is 3.70. The van der Waals surface area contributed by atoms with Gasteiger partial charge in [0.25, 0.3) is 0 Å². The average Bonchev–Trinajstić information content (AvgIpc) is 3.53. The van der Waals surface area contributed by atoms with Gasteiger partial charge >= 0.3 is 0 Å². The molecule has 0 spiro atoms. The first-order valence-electron chi connectivity index (χ1n) is 11.0. The molecule has 0 unspecified atom stereocenters. The van der Waals surface area contributed by atoms with E-state index in [1.807, 2.05) is 79.3 Å². The van der Waals surface area contributed by atoms with E-state index in [0.29, 0.717) is 5.02 Å². The Hall–Kier alpha value is -3.46. The number of rotatable bonds is 12. The lowest BCUT2D eigenvalue weighted by Gasteiger charge is -2.21. The molecule has 2 aromatic rings. The summed E-state index contributed by atoms with van der Waals surface area (Å²) < 4.78 is 0. The highest BCUT2D eigenvalue weighted by Crippen LogP contribution is 2.24. The van der Waals surface area contributed by atoms with Crippen molar-refractivity contribution in [1.29, 1.82) is 0 Å². The fraction of sp³-hybridized carbons (Fsp3) is 0.222. The van der Waals surface area contributed by atoms with Gasteiger partial charge in [0, 0.05) is 72.0 Å². The lowest BCUT2D eigenvalue weighted by atomic mass is 10.2. The number of pyridine rings is 1. The van der Waals surface area contributed by atoms with Crippen LogP contribution in [0.15, 0.2) is 99.5 Å². The van der Waals surface area contributed by atoms with Crippen LogP contribution >= 0.6 is 11.6 Å². The molecule has 0 fully saturated rings. The van der Waals surface area contributed by atoms with E-state index in [1.54, 1.807) is 0 Å². The summed E-state index contributed by atoms with van der Waals surface area (Å²) in [5.74, 6) is 0. The number of benzene rings is 1. The Kier molecular flexibility index (Phi) is 8.24. The monoisotopic (exact) mass is 455 g/mol. The summed E-state index contributed by atoms with van der Waals surface area (Å²) in [4.78, 5) is 15.9. The second kappa shape index (κ2) is 12.0. The van der Waals surface area contributed by atoms with Gasteiger partial charge in [-0.15, -0.1) is 11.5 Å². The fourth-order valence-electron chi connectivity index (χ4n) is 3.53. The van der Waals surface area contributed by atoms with Crippen molar-refractivity contribution in [2.75, 3.05) is 44.6 Å². The van der Waals surface area contributed by atoms with Gasteiger partial charge in [-0.1, -0.05) is 23.8 Å². The highest BCUT2D eigenvalue weighted by Gasteiger charge is 2.06. The third-order valence-corrected chi connectivity index (χ3v) is 5.48. The maximum Gasteiger partial charge on any atom is 0.0737 e. The molecule has 0 aliphatic heterocycles. The molecule has 6 heteroatoms. The summed E-state index contributed by atoms with van der Waals surface area (Å²) in [6, 6.07) is 7.80. The van der Waals surface area contributed by atoms with Crippen LogP contribution in [0.4, 0.5) is 5.69 Å². The van der Waals surface area contributed by atoms with Gasteiger partial charge in [-0.05, 0) is 48.6 Å². The van der Waals surface area contributed by atoms with Crippen LogP contribution in [0.5, 0.6) is 0 Å². The van der Waals surface area contributed by atoms with Crippen molar-refractivity contribution in [2.45, 2.75) is 0 Å². The quantitative estimate of drug-likeness (QED) is 0.360. The van der Waals surface area contributed by atoms with E-state index >= 15 is 0 Å². The van der Waals surface area contributed by atoms with E-state index in [1.165, 1.54) is 0 Å². The molecular formula is C27H26ClN5. The summed E-state index contributed by atoms with van der Waals surface area (Å²) in [6.45, 7) is 4.88. The minimum Gasteiger partial charge on any atom is -0.383 e. The minimum absolute atomic E-state index is 0.693. The van der Waals surface area contributed by atoms with Gasteiger partial charge < -0.3 is 5.32 Å². The highest BCUT2D eigenvalue weighted by molar-refractivity contribution is 6.31. The number of allylic oxidation sites excluding steroid dienone is 6. The molecule has 1 aromatic heterocycles. The number of aliphatic imine (C=N–C) groups is 2. The van der Waals surface area contributed by atoms with Gasteiger partial charge in [0.05, 0.1) is 18.6 Å². The van der Waals surface area contributed by atoms with Crippen LogP contribution in [-0.2, 0) is 0 Å². The standard InChI is InChI=1S/C27H26ClN5/c28-24-9-10-25-26(11-12-31-27(25)19-24)32-15-18-33(16-13-29-20-22-5-1-2-6-22)17-14-30-21-23-7-3-4-8-23/h1-5,7,9-12,19-21H,13-18H2,(H,31,32). The van der Waals surface area contributed by atoms with E-state index in [2.05, 4.69) is 36.6 Å². The number of nitrogens with zero attached hydrogens (tertiary/aromatic N) is 4. The molecule has 2 aliphatic carbocycles. The molecular weight excluding hydrogens is 430 g/mol. The maximum atomic E-state index is 6.11. The van der Waals surface area contributed by atoms with E-state index in [9.17, 15) is 0 Å². The summed E-state index contributed by atoms with van der Waals surface area (Å²) in [5.41, 5.74) is 10.3. The van der Waals surface area contributed by atoms with Crippen LogP contribution in [0, 0.1) is 0 Å². The van der Waals surface area contributed by atoms with E-state index in [0.717, 1.165) is 67.0 Å². The second-order valence-corrected chi connectivity index (χ2v) is 8.05. The van der Waals surface area contributed by atoms with E-state index < -0.39 is 0 Å². The van der Waals surface area contributed by atoms with Crippen LogP contribution < -0.4 is 5.32 Å². The van der Waals surface area contributed by atoms with Gasteiger partial charge in [0.2, 0.25) is 0 Å². The predicted molar refractivity (Wildman–Crippen MR) is 140 cm³/mol. The Morgan fingerprint density at radius 2 is 1.64 bits per heavy atom. The number of nitrogens with one attached hydrogen (secondary N) is 1. The molecule has 2 aliphatic rings. The molecule has 0 bridgehead atoms. The number of fused-ring (bicyclic) bond motifs is 1. The molecule has 1 N–H and O–H groups in total. The third kappa shape index (κ3) is 7.01. The van der Waals surface area contributed by atoms with Crippen LogP contribution in [0.1, 0.15) is 0 Å². The van der Waals surface area contributed by atoms with Gasteiger partial charge in [0.1, 0.15) is 0 Å². The first-order valence-corrected chi connectivity index (χ1v) is 11.4. The minimum atomic E-state index is 0.693. The smallest absolute Gasteiger partial charge is 0.0737 e. The molecule has 4 rings (SSSR count). The van der Waals surface area contributed by atoms with Crippen molar-refractivity contribution >= 4 is 40.6 Å². The zero-order chi connectivity index (χ0) is 22.7. The largest absolute Gasteiger partial charge is 0.383 e. The van der Waals surface area contributed by atoms with E-state index in [4.69, 9.17) is 11.6 Å². The summed E-state index contributed by atoms with van der Waals surface area (Å²) >= 11 is 6.11. The molecule has 1 heterocycles. The van der Waals surface area contributed by atoms with Crippen LogP contribution in [0.25, 0.3) is 10.9 Å². The normalized spacial score (nSPS) is 14.5. The third-order valence-electron chi connectivity index (χ3n) is 5.24. The van der Waals surface area contributed by atoms with Gasteiger partial charge in [0.15, 0.2) is 0 Å². The van der Waals surface area contributed by atoms with Gasteiger partial charge in [-0.2, -0.15) is 0 Å². The van der Waals surface area contributed by atoms with Crippen molar-refractivity contribution in [2.24, 2.45) is 9.98 Å². The number of hydrogen-bond acceptors (Lipinski definition) is 5. The van der Waals surface area contributed by atoms with Crippen molar-refractivity contribution in [3.05, 3.63) is 94.5 Å². The first-order chi connectivity index (χ1) is 16.3. The Morgan fingerprint density at radius 1 is 0.939 bits per heavy atom. The molecule has 166 valence electrons. The van der Waals surface area contributed by atoms with Gasteiger partial charge in [-0.3, -0.25) is 19.9 Å².